The Labute approximate surface area is 83.8 Å². The van der Waals surface area contributed by atoms with E-state index in [4.69, 9.17) is 0 Å². The molecule has 1 aromatic rings. The average molecular weight is 187 g/mol. The van der Waals surface area contributed by atoms with E-state index in [1.165, 1.54) is 5.56 Å². The SMILES string of the molecule is C/C=C1\CN(Cc2cccnc2)C=N1. The average Bonchev–Trinajstić information content (AvgIpc) is 2.67. The minimum absolute atomic E-state index is 0.884. The zero-order valence-electron chi connectivity index (χ0n) is 8.22. The first-order chi connectivity index (χ1) is 6.88. The van der Waals surface area contributed by atoms with Gasteiger partial charge >= 0.3 is 0 Å². The van der Waals surface area contributed by atoms with E-state index in [-0.39, 0.29) is 0 Å². The Morgan fingerprint density at radius 3 is 3.14 bits per heavy atom. The molecule has 1 aliphatic rings. The number of hydrogen-bond donors (Lipinski definition) is 0. The zero-order chi connectivity index (χ0) is 9.80. The molecular weight excluding hydrogens is 174 g/mol. The number of allylic oxidation sites excluding steroid dienone is 1. The van der Waals surface area contributed by atoms with Crippen molar-refractivity contribution >= 4 is 6.34 Å². The van der Waals surface area contributed by atoms with E-state index >= 15 is 0 Å². The van der Waals surface area contributed by atoms with Crippen molar-refractivity contribution < 1.29 is 0 Å². The molecular formula is C11H13N3. The highest BCUT2D eigenvalue weighted by molar-refractivity contribution is 5.61. The molecule has 0 spiro atoms. The van der Waals surface area contributed by atoms with Crippen LogP contribution in [0.25, 0.3) is 0 Å². The summed E-state index contributed by atoms with van der Waals surface area (Å²) in [4.78, 5) is 10.5. The van der Waals surface area contributed by atoms with Crippen molar-refractivity contribution in [1.82, 2.24) is 9.88 Å². The van der Waals surface area contributed by atoms with Gasteiger partial charge < -0.3 is 4.90 Å². The van der Waals surface area contributed by atoms with Crippen molar-refractivity contribution in [3.63, 3.8) is 0 Å². The number of hydrogen-bond acceptors (Lipinski definition) is 3. The summed E-state index contributed by atoms with van der Waals surface area (Å²) in [6.07, 6.45) is 7.61. The summed E-state index contributed by atoms with van der Waals surface area (Å²) in [6.45, 7) is 3.81. The van der Waals surface area contributed by atoms with Gasteiger partial charge in [0.1, 0.15) is 0 Å². The van der Waals surface area contributed by atoms with E-state index in [0.29, 0.717) is 0 Å². The van der Waals surface area contributed by atoms with Crippen molar-refractivity contribution in [3.05, 3.63) is 41.9 Å². The Balaban J connectivity index is 1.98. The first kappa shape index (κ1) is 8.94. The normalized spacial score (nSPS) is 18.1. The quantitative estimate of drug-likeness (QED) is 0.706. The lowest BCUT2D eigenvalue weighted by molar-refractivity contribution is 0.478. The fourth-order valence-corrected chi connectivity index (χ4v) is 1.43. The molecule has 0 bridgehead atoms. The second-order valence-corrected chi connectivity index (χ2v) is 3.29. The summed E-state index contributed by atoms with van der Waals surface area (Å²) in [5, 5.41) is 0. The molecule has 0 unspecified atom stereocenters. The summed E-state index contributed by atoms with van der Waals surface area (Å²) >= 11 is 0. The topological polar surface area (TPSA) is 28.5 Å². The van der Waals surface area contributed by atoms with Crippen molar-refractivity contribution in [3.8, 4) is 0 Å². The van der Waals surface area contributed by atoms with E-state index in [0.717, 1.165) is 18.8 Å². The molecule has 0 N–H and O–H groups in total. The second-order valence-electron chi connectivity index (χ2n) is 3.29. The zero-order valence-corrected chi connectivity index (χ0v) is 8.22. The van der Waals surface area contributed by atoms with Gasteiger partial charge in [0.2, 0.25) is 0 Å². The molecule has 72 valence electrons. The van der Waals surface area contributed by atoms with Crippen LogP contribution >= 0.6 is 0 Å². The molecule has 3 nitrogen and oxygen atoms in total. The predicted molar refractivity (Wildman–Crippen MR) is 56.9 cm³/mol. The van der Waals surface area contributed by atoms with Crippen LogP contribution in [0.15, 0.2) is 41.3 Å². The third kappa shape index (κ3) is 1.99. The van der Waals surface area contributed by atoms with Crippen LogP contribution in [0, 0.1) is 0 Å². The van der Waals surface area contributed by atoms with Crippen LogP contribution in [-0.4, -0.2) is 22.8 Å². The largest absolute Gasteiger partial charge is 0.352 e. The van der Waals surface area contributed by atoms with Gasteiger partial charge in [-0.2, -0.15) is 0 Å². The summed E-state index contributed by atoms with van der Waals surface area (Å²) in [7, 11) is 0. The molecule has 14 heavy (non-hydrogen) atoms. The molecule has 3 heteroatoms. The maximum absolute atomic E-state index is 4.27. The number of nitrogens with zero attached hydrogens (tertiary/aromatic N) is 3. The third-order valence-corrected chi connectivity index (χ3v) is 2.19. The molecule has 0 aromatic carbocycles. The maximum atomic E-state index is 4.27. The fraction of sp³-hybridized carbons (Fsp3) is 0.273. The van der Waals surface area contributed by atoms with E-state index in [9.17, 15) is 0 Å². The highest BCUT2D eigenvalue weighted by Gasteiger charge is 2.09. The van der Waals surface area contributed by atoms with Gasteiger partial charge in [0, 0.05) is 18.9 Å². The lowest BCUT2D eigenvalue weighted by Gasteiger charge is -2.12. The van der Waals surface area contributed by atoms with Crippen molar-refractivity contribution in [1.29, 1.82) is 0 Å². The summed E-state index contributed by atoms with van der Waals surface area (Å²) in [5.41, 5.74) is 2.35. The van der Waals surface area contributed by atoms with E-state index in [1.807, 2.05) is 31.6 Å². The highest BCUT2D eigenvalue weighted by atomic mass is 15.2. The number of pyridine rings is 1. The van der Waals surface area contributed by atoms with E-state index < -0.39 is 0 Å². The molecule has 0 atom stereocenters. The van der Waals surface area contributed by atoms with Crippen LogP contribution in [0.2, 0.25) is 0 Å². The first-order valence-corrected chi connectivity index (χ1v) is 4.71. The Hall–Kier alpha value is -1.64. The Morgan fingerprint density at radius 2 is 2.50 bits per heavy atom. The maximum Gasteiger partial charge on any atom is 0.0915 e. The van der Waals surface area contributed by atoms with Gasteiger partial charge in [0.05, 0.1) is 18.6 Å². The molecule has 0 radical (unpaired) electrons. The summed E-state index contributed by atoms with van der Waals surface area (Å²) in [6, 6.07) is 4.04. The van der Waals surface area contributed by atoms with Gasteiger partial charge in [-0.15, -0.1) is 0 Å². The van der Waals surface area contributed by atoms with Crippen LogP contribution in [0.3, 0.4) is 0 Å². The Morgan fingerprint density at radius 1 is 1.57 bits per heavy atom. The van der Waals surface area contributed by atoms with Gasteiger partial charge in [0.15, 0.2) is 0 Å². The predicted octanol–water partition coefficient (Wildman–Crippen LogP) is 1.83. The van der Waals surface area contributed by atoms with Crippen molar-refractivity contribution in [2.24, 2.45) is 4.99 Å². The van der Waals surface area contributed by atoms with Crippen LogP contribution in [0.4, 0.5) is 0 Å². The molecule has 0 fully saturated rings. The molecule has 1 aliphatic heterocycles. The van der Waals surface area contributed by atoms with Crippen LogP contribution < -0.4 is 0 Å². The summed E-state index contributed by atoms with van der Waals surface area (Å²) in [5.74, 6) is 0. The third-order valence-electron chi connectivity index (χ3n) is 2.19. The lowest BCUT2D eigenvalue weighted by atomic mass is 10.2. The molecule has 2 rings (SSSR count). The van der Waals surface area contributed by atoms with Gasteiger partial charge in [-0.25, -0.2) is 4.99 Å². The monoisotopic (exact) mass is 187 g/mol. The number of rotatable bonds is 2. The molecule has 0 saturated carbocycles. The fourth-order valence-electron chi connectivity index (χ4n) is 1.43. The van der Waals surface area contributed by atoms with Crippen LogP contribution in [-0.2, 0) is 6.54 Å². The second kappa shape index (κ2) is 4.05. The molecule has 1 aromatic heterocycles. The standard InChI is InChI=1S/C11H13N3/c1-2-11-8-14(9-13-11)7-10-4-3-5-12-6-10/h2-6,9H,7-8H2,1H3/b11-2+. The van der Waals surface area contributed by atoms with Gasteiger partial charge in [-0.05, 0) is 18.6 Å². The minimum Gasteiger partial charge on any atom is -0.352 e. The lowest BCUT2D eigenvalue weighted by Crippen LogP contribution is -2.18. The highest BCUT2D eigenvalue weighted by Crippen LogP contribution is 2.10. The van der Waals surface area contributed by atoms with E-state index in [2.05, 4.69) is 20.9 Å². The number of aliphatic imine (C=N–C) groups is 1. The minimum atomic E-state index is 0.884. The smallest absolute Gasteiger partial charge is 0.0915 e. The summed E-state index contributed by atoms with van der Waals surface area (Å²) < 4.78 is 0. The van der Waals surface area contributed by atoms with Gasteiger partial charge in [-0.3, -0.25) is 4.98 Å². The van der Waals surface area contributed by atoms with Crippen LogP contribution in [0.1, 0.15) is 12.5 Å². The van der Waals surface area contributed by atoms with Crippen molar-refractivity contribution in [2.75, 3.05) is 6.54 Å². The van der Waals surface area contributed by atoms with E-state index in [1.54, 1.807) is 6.20 Å². The molecule has 0 aliphatic carbocycles. The Bertz CT molecular complexity index is 354. The van der Waals surface area contributed by atoms with Gasteiger partial charge in [0.25, 0.3) is 0 Å². The van der Waals surface area contributed by atoms with Gasteiger partial charge in [-0.1, -0.05) is 12.1 Å². The van der Waals surface area contributed by atoms with Crippen LogP contribution in [0.5, 0.6) is 0 Å². The van der Waals surface area contributed by atoms with Crippen molar-refractivity contribution in [2.45, 2.75) is 13.5 Å². The first-order valence-electron chi connectivity index (χ1n) is 4.71. The molecule has 0 amide bonds. The Kier molecular flexibility index (Phi) is 2.58. The molecule has 0 saturated heterocycles. The molecule has 2 heterocycles. The number of aromatic nitrogens is 1.